The number of amides is 2. The molecule has 0 aliphatic carbocycles. The van der Waals surface area contributed by atoms with Crippen LogP contribution in [0.3, 0.4) is 0 Å². The maximum atomic E-state index is 12.5. The minimum Gasteiger partial charge on any atom is -0.334 e. The van der Waals surface area contributed by atoms with Crippen LogP contribution < -0.4 is 10.6 Å². The van der Waals surface area contributed by atoms with Crippen LogP contribution in [0.25, 0.3) is 0 Å². The molecule has 2 N–H and O–H groups in total. The molecule has 4 heteroatoms. The fourth-order valence-corrected chi connectivity index (χ4v) is 2.36. The predicted octanol–water partition coefficient (Wildman–Crippen LogP) is 2.28. The van der Waals surface area contributed by atoms with E-state index in [-0.39, 0.29) is 11.8 Å². The van der Waals surface area contributed by atoms with E-state index in [2.05, 4.69) is 10.6 Å². The Balaban J connectivity index is 2.09. The van der Waals surface area contributed by atoms with Crippen molar-refractivity contribution in [3.63, 3.8) is 0 Å². The molecule has 1 heterocycles. The van der Waals surface area contributed by atoms with Crippen molar-refractivity contribution in [3.8, 4) is 0 Å². The number of para-hydroxylation sites is 1. The minimum absolute atomic E-state index is 0.248. The number of rotatable bonds is 1. The number of hydrogen-bond acceptors (Lipinski definition) is 2. The van der Waals surface area contributed by atoms with Crippen molar-refractivity contribution in [1.82, 2.24) is 5.32 Å². The van der Waals surface area contributed by atoms with E-state index in [4.69, 9.17) is 0 Å². The van der Waals surface area contributed by atoms with Crippen molar-refractivity contribution >= 4 is 17.5 Å². The van der Waals surface area contributed by atoms with Gasteiger partial charge in [0.25, 0.3) is 11.8 Å². The van der Waals surface area contributed by atoms with Crippen molar-refractivity contribution in [2.75, 3.05) is 5.32 Å². The molecule has 1 atom stereocenters. The van der Waals surface area contributed by atoms with E-state index in [1.165, 1.54) is 0 Å². The number of nitrogens with one attached hydrogen (secondary N) is 2. The Hall–Kier alpha value is -2.62. The molecule has 0 spiro atoms. The predicted molar refractivity (Wildman–Crippen MR) is 76.3 cm³/mol. The van der Waals surface area contributed by atoms with Crippen molar-refractivity contribution in [3.05, 3.63) is 65.7 Å². The largest absolute Gasteiger partial charge is 0.334 e. The molecule has 1 aliphatic heterocycles. The van der Waals surface area contributed by atoms with Crippen LogP contribution in [0.5, 0.6) is 0 Å². The summed E-state index contributed by atoms with van der Waals surface area (Å²) in [4.78, 5) is 24.9. The molecule has 1 aliphatic rings. The molecule has 0 unspecified atom stereocenters. The lowest BCUT2D eigenvalue weighted by atomic mass is 9.91. The molecule has 2 aromatic carbocycles. The summed E-state index contributed by atoms with van der Waals surface area (Å²) in [6, 6.07) is 16.2. The Morgan fingerprint density at radius 1 is 0.900 bits per heavy atom. The lowest BCUT2D eigenvalue weighted by Crippen LogP contribution is -2.50. The molecule has 3 rings (SSSR count). The highest BCUT2D eigenvalue weighted by atomic mass is 16.2. The van der Waals surface area contributed by atoms with E-state index >= 15 is 0 Å². The van der Waals surface area contributed by atoms with Gasteiger partial charge in [0.1, 0.15) is 5.54 Å². The molecule has 2 amide bonds. The van der Waals surface area contributed by atoms with Gasteiger partial charge in [-0.3, -0.25) is 9.59 Å². The third kappa shape index (κ3) is 1.86. The summed E-state index contributed by atoms with van der Waals surface area (Å²) in [6.45, 7) is 1.71. The number of fused-ring (bicyclic) bond motifs is 1. The number of benzene rings is 2. The SMILES string of the molecule is C[C@@]1(c2ccccc2)NC(=O)c2ccccc2NC1=O. The van der Waals surface area contributed by atoms with Gasteiger partial charge in [-0.2, -0.15) is 0 Å². The Morgan fingerprint density at radius 3 is 2.30 bits per heavy atom. The minimum atomic E-state index is -1.09. The third-order valence-electron chi connectivity index (χ3n) is 3.59. The summed E-state index contributed by atoms with van der Waals surface area (Å²) >= 11 is 0. The van der Waals surface area contributed by atoms with Crippen molar-refractivity contribution < 1.29 is 9.59 Å². The Morgan fingerprint density at radius 2 is 1.55 bits per heavy atom. The van der Waals surface area contributed by atoms with Crippen LogP contribution in [0.4, 0.5) is 5.69 Å². The maximum Gasteiger partial charge on any atom is 0.254 e. The van der Waals surface area contributed by atoms with Gasteiger partial charge < -0.3 is 10.6 Å². The number of anilines is 1. The fourth-order valence-electron chi connectivity index (χ4n) is 2.36. The maximum absolute atomic E-state index is 12.5. The third-order valence-corrected chi connectivity index (χ3v) is 3.59. The summed E-state index contributed by atoms with van der Waals surface area (Å²) < 4.78 is 0. The van der Waals surface area contributed by atoms with Gasteiger partial charge in [-0.25, -0.2) is 0 Å². The van der Waals surface area contributed by atoms with Crippen molar-refractivity contribution in [1.29, 1.82) is 0 Å². The van der Waals surface area contributed by atoms with E-state index < -0.39 is 5.54 Å². The second-order valence-corrected chi connectivity index (χ2v) is 4.94. The number of carbonyl (C=O) groups is 2. The highest BCUT2D eigenvalue weighted by Gasteiger charge is 2.39. The molecule has 2 aromatic rings. The monoisotopic (exact) mass is 266 g/mol. The van der Waals surface area contributed by atoms with Gasteiger partial charge in [-0.15, -0.1) is 0 Å². The van der Waals surface area contributed by atoms with E-state index in [1.54, 1.807) is 31.2 Å². The molecular formula is C16H14N2O2. The molecule has 0 radical (unpaired) electrons. The topological polar surface area (TPSA) is 58.2 Å². The summed E-state index contributed by atoms with van der Waals surface area (Å²) in [5.74, 6) is -0.507. The van der Waals surface area contributed by atoms with E-state index in [9.17, 15) is 9.59 Å². The first kappa shape index (κ1) is 12.4. The second-order valence-electron chi connectivity index (χ2n) is 4.94. The highest BCUT2D eigenvalue weighted by Crippen LogP contribution is 2.28. The second kappa shape index (κ2) is 4.49. The lowest BCUT2D eigenvalue weighted by molar-refractivity contribution is -0.121. The molecule has 0 aromatic heterocycles. The first-order valence-corrected chi connectivity index (χ1v) is 6.40. The van der Waals surface area contributed by atoms with Crippen LogP contribution in [-0.2, 0) is 10.3 Å². The smallest absolute Gasteiger partial charge is 0.254 e. The van der Waals surface area contributed by atoms with Crippen LogP contribution in [0.1, 0.15) is 22.8 Å². The average Bonchev–Trinajstić information content (AvgIpc) is 2.57. The molecule has 0 saturated carbocycles. The van der Waals surface area contributed by atoms with Crippen LogP contribution in [-0.4, -0.2) is 11.8 Å². The van der Waals surface area contributed by atoms with E-state index in [0.29, 0.717) is 11.3 Å². The highest BCUT2D eigenvalue weighted by molar-refractivity contribution is 6.11. The van der Waals surface area contributed by atoms with Gasteiger partial charge in [0.05, 0.1) is 11.3 Å². The van der Waals surface area contributed by atoms with Crippen LogP contribution >= 0.6 is 0 Å². The molecule has 0 saturated heterocycles. The summed E-state index contributed by atoms with van der Waals surface area (Å²) in [5, 5.41) is 5.65. The fraction of sp³-hybridized carbons (Fsp3) is 0.125. The summed E-state index contributed by atoms with van der Waals surface area (Å²) in [7, 11) is 0. The number of carbonyl (C=O) groups excluding carboxylic acids is 2. The molecule has 4 nitrogen and oxygen atoms in total. The first-order valence-electron chi connectivity index (χ1n) is 6.40. The zero-order valence-electron chi connectivity index (χ0n) is 11.0. The summed E-state index contributed by atoms with van der Waals surface area (Å²) in [5.41, 5.74) is 0.672. The lowest BCUT2D eigenvalue weighted by Gasteiger charge is -2.27. The van der Waals surface area contributed by atoms with E-state index in [0.717, 1.165) is 5.56 Å². The number of hydrogen-bond donors (Lipinski definition) is 2. The molecule has 0 bridgehead atoms. The van der Waals surface area contributed by atoms with Gasteiger partial charge in [0.15, 0.2) is 0 Å². The van der Waals surface area contributed by atoms with Crippen LogP contribution in [0.15, 0.2) is 54.6 Å². The van der Waals surface area contributed by atoms with Gasteiger partial charge in [-0.05, 0) is 24.6 Å². The van der Waals surface area contributed by atoms with Gasteiger partial charge in [-0.1, -0.05) is 42.5 Å². The van der Waals surface area contributed by atoms with Crippen LogP contribution in [0, 0.1) is 0 Å². The molecule has 100 valence electrons. The standard InChI is InChI=1S/C16H14N2O2/c1-16(11-7-3-2-4-8-11)15(20)17-13-10-6-5-9-12(13)14(19)18-16/h2-10H,1H3,(H,17,20)(H,18,19)/t16-/m0/s1. The molecule has 20 heavy (non-hydrogen) atoms. The van der Waals surface area contributed by atoms with Gasteiger partial charge >= 0.3 is 0 Å². The van der Waals surface area contributed by atoms with Crippen molar-refractivity contribution in [2.45, 2.75) is 12.5 Å². The average molecular weight is 266 g/mol. The zero-order chi connectivity index (χ0) is 14.2. The summed E-state index contributed by atoms with van der Waals surface area (Å²) in [6.07, 6.45) is 0. The Bertz CT molecular complexity index is 682. The zero-order valence-corrected chi connectivity index (χ0v) is 11.0. The van der Waals surface area contributed by atoms with Gasteiger partial charge in [0.2, 0.25) is 0 Å². The molecule has 0 fully saturated rings. The van der Waals surface area contributed by atoms with Gasteiger partial charge in [0, 0.05) is 0 Å². The Labute approximate surface area is 116 Å². The van der Waals surface area contributed by atoms with Crippen LogP contribution in [0.2, 0.25) is 0 Å². The van der Waals surface area contributed by atoms with Crippen molar-refractivity contribution in [2.24, 2.45) is 0 Å². The quantitative estimate of drug-likeness (QED) is 0.832. The Kier molecular flexibility index (Phi) is 2.79. The molecular weight excluding hydrogens is 252 g/mol. The van der Waals surface area contributed by atoms with E-state index in [1.807, 2.05) is 30.3 Å². The normalized spacial score (nSPS) is 21.4. The first-order chi connectivity index (χ1) is 9.61.